The molecule has 8 heavy (non-hydrogen) atoms. The van der Waals surface area contributed by atoms with E-state index in [4.69, 9.17) is 0 Å². The fourth-order valence-electron chi connectivity index (χ4n) is 0.287. The number of hydrogen-bond donors (Lipinski definition) is 1. The highest BCUT2D eigenvalue weighted by molar-refractivity contribution is 5.47. The van der Waals surface area contributed by atoms with Gasteiger partial charge in [-0.2, -0.15) is 0 Å². The van der Waals surface area contributed by atoms with Crippen LogP contribution in [0.1, 0.15) is 13.8 Å². The molecule has 0 saturated heterocycles. The van der Waals surface area contributed by atoms with E-state index < -0.39 is 0 Å². The van der Waals surface area contributed by atoms with Gasteiger partial charge in [0, 0.05) is 0 Å². The van der Waals surface area contributed by atoms with Crippen molar-refractivity contribution in [2.24, 2.45) is 5.92 Å². The van der Waals surface area contributed by atoms with Gasteiger partial charge < -0.3 is 5.32 Å². The number of hydrogen-bond acceptors (Lipinski definition) is 1. The second kappa shape index (κ2) is 4.37. The molecule has 0 aromatic rings. The molecule has 0 heterocycles. The second-order valence-electron chi connectivity index (χ2n) is 1.89. The molecule has 0 fully saturated rings. The lowest BCUT2D eigenvalue weighted by Gasteiger charge is -1.90. The van der Waals surface area contributed by atoms with Gasteiger partial charge in [-0.1, -0.05) is 19.9 Å². The fraction of sp³-hybridized carbons (Fsp3) is 0.500. The summed E-state index contributed by atoms with van der Waals surface area (Å²) in [6.45, 7) is 4.09. The van der Waals surface area contributed by atoms with Crippen molar-refractivity contribution in [2.45, 2.75) is 13.8 Å². The van der Waals surface area contributed by atoms with Gasteiger partial charge in [0.25, 0.3) is 0 Å². The summed E-state index contributed by atoms with van der Waals surface area (Å²) in [6, 6.07) is 0. The number of nitrogens with one attached hydrogen (secondary N) is 1. The third kappa shape index (κ3) is 5.21. The first kappa shape index (κ1) is 7.21. The molecular weight excluding hydrogens is 102 g/mol. The lowest BCUT2D eigenvalue weighted by atomic mass is 10.2. The average molecular weight is 113 g/mol. The molecule has 0 spiro atoms. The SMILES string of the molecule is CC(C)/C=C/NC=O. The Morgan fingerprint density at radius 3 is 2.50 bits per heavy atom. The Balaban J connectivity index is 3.19. The highest BCUT2D eigenvalue weighted by Crippen LogP contribution is 1.89. The van der Waals surface area contributed by atoms with Crippen LogP contribution in [0.5, 0.6) is 0 Å². The van der Waals surface area contributed by atoms with Crippen LogP contribution < -0.4 is 5.32 Å². The maximum Gasteiger partial charge on any atom is 0.211 e. The van der Waals surface area contributed by atoms with Crippen LogP contribution in [0.15, 0.2) is 12.3 Å². The van der Waals surface area contributed by atoms with Crippen LogP contribution >= 0.6 is 0 Å². The quantitative estimate of drug-likeness (QED) is 0.541. The third-order valence-electron chi connectivity index (χ3n) is 0.645. The molecule has 1 N–H and O–H groups in total. The zero-order valence-electron chi connectivity index (χ0n) is 5.22. The molecule has 0 atom stereocenters. The number of rotatable bonds is 3. The molecule has 0 saturated carbocycles. The summed E-state index contributed by atoms with van der Waals surface area (Å²) in [7, 11) is 0. The maximum absolute atomic E-state index is 9.62. The van der Waals surface area contributed by atoms with Gasteiger partial charge in [-0.15, -0.1) is 0 Å². The second-order valence-corrected chi connectivity index (χ2v) is 1.89. The number of allylic oxidation sites excluding steroid dienone is 1. The Morgan fingerprint density at radius 2 is 2.12 bits per heavy atom. The number of carbonyl (C=O) groups excluding carboxylic acids is 1. The minimum atomic E-state index is 0.502. The topological polar surface area (TPSA) is 29.1 Å². The van der Waals surface area contributed by atoms with Gasteiger partial charge in [0.05, 0.1) is 0 Å². The predicted molar refractivity (Wildman–Crippen MR) is 33.2 cm³/mol. The van der Waals surface area contributed by atoms with Crippen LogP contribution in [0, 0.1) is 5.92 Å². The molecule has 0 aliphatic heterocycles. The molecule has 1 amide bonds. The van der Waals surface area contributed by atoms with Crippen molar-refractivity contribution in [3.8, 4) is 0 Å². The molecule has 2 nitrogen and oxygen atoms in total. The molecule has 0 rings (SSSR count). The van der Waals surface area contributed by atoms with E-state index in [0.29, 0.717) is 12.3 Å². The lowest BCUT2D eigenvalue weighted by Crippen LogP contribution is -1.99. The molecule has 0 unspecified atom stereocenters. The summed E-state index contributed by atoms with van der Waals surface area (Å²) in [5.41, 5.74) is 0. The van der Waals surface area contributed by atoms with Crippen molar-refractivity contribution in [3.63, 3.8) is 0 Å². The van der Waals surface area contributed by atoms with E-state index in [9.17, 15) is 4.79 Å². The molecule has 46 valence electrons. The Labute approximate surface area is 49.6 Å². The monoisotopic (exact) mass is 113 g/mol. The van der Waals surface area contributed by atoms with E-state index in [2.05, 4.69) is 5.32 Å². The lowest BCUT2D eigenvalue weighted by molar-refractivity contribution is -0.108. The van der Waals surface area contributed by atoms with E-state index in [-0.39, 0.29) is 0 Å². The van der Waals surface area contributed by atoms with Crippen molar-refractivity contribution >= 4 is 6.41 Å². The van der Waals surface area contributed by atoms with Crippen LogP contribution in [0.25, 0.3) is 0 Å². The minimum Gasteiger partial charge on any atom is -0.336 e. The standard InChI is InChI=1S/C6H11NO/c1-6(2)3-4-7-5-8/h3-6H,1-2H3,(H,7,8)/b4-3+. The van der Waals surface area contributed by atoms with Crippen molar-refractivity contribution in [1.82, 2.24) is 5.32 Å². The van der Waals surface area contributed by atoms with E-state index in [1.807, 2.05) is 19.9 Å². The normalized spacial score (nSPS) is 10.4. The van der Waals surface area contributed by atoms with E-state index in [1.165, 1.54) is 0 Å². The van der Waals surface area contributed by atoms with Crippen molar-refractivity contribution in [3.05, 3.63) is 12.3 Å². The maximum atomic E-state index is 9.62. The first-order valence-electron chi connectivity index (χ1n) is 2.63. The Kier molecular flexibility index (Phi) is 3.94. The molecule has 0 radical (unpaired) electrons. The van der Waals surface area contributed by atoms with Gasteiger partial charge in [-0.05, 0) is 12.1 Å². The number of amides is 1. The van der Waals surface area contributed by atoms with Crippen molar-refractivity contribution in [1.29, 1.82) is 0 Å². The largest absolute Gasteiger partial charge is 0.336 e. The van der Waals surface area contributed by atoms with Gasteiger partial charge in [-0.25, -0.2) is 0 Å². The molecule has 0 aromatic heterocycles. The summed E-state index contributed by atoms with van der Waals surface area (Å²) in [5.74, 6) is 0.502. The minimum absolute atomic E-state index is 0.502. The summed E-state index contributed by atoms with van der Waals surface area (Å²) in [4.78, 5) is 9.62. The Bertz CT molecular complexity index is 86.5. The molecule has 0 aromatic carbocycles. The first-order chi connectivity index (χ1) is 3.77. The number of carbonyl (C=O) groups is 1. The van der Waals surface area contributed by atoms with E-state index in [1.54, 1.807) is 6.20 Å². The van der Waals surface area contributed by atoms with Gasteiger partial charge in [0.1, 0.15) is 0 Å². The smallest absolute Gasteiger partial charge is 0.211 e. The van der Waals surface area contributed by atoms with Crippen molar-refractivity contribution in [2.75, 3.05) is 0 Å². The van der Waals surface area contributed by atoms with Gasteiger partial charge in [0.2, 0.25) is 6.41 Å². The molecular formula is C6H11NO. The Morgan fingerprint density at radius 1 is 1.50 bits per heavy atom. The van der Waals surface area contributed by atoms with Crippen LogP contribution in [0.4, 0.5) is 0 Å². The summed E-state index contributed by atoms with van der Waals surface area (Å²) in [5, 5.41) is 2.42. The van der Waals surface area contributed by atoms with Crippen LogP contribution in [0.3, 0.4) is 0 Å². The van der Waals surface area contributed by atoms with Crippen molar-refractivity contribution < 1.29 is 4.79 Å². The highest BCUT2D eigenvalue weighted by Gasteiger charge is 1.79. The van der Waals surface area contributed by atoms with Crippen LogP contribution in [0.2, 0.25) is 0 Å². The van der Waals surface area contributed by atoms with Gasteiger partial charge >= 0.3 is 0 Å². The van der Waals surface area contributed by atoms with Gasteiger partial charge in [-0.3, -0.25) is 4.79 Å². The average Bonchev–Trinajstić information content (AvgIpc) is 1.66. The highest BCUT2D eigenvalue weighted by atomic mass is 16.1. The predicted octanol–water partition coefficient (Wildman–Crippen LogP) is 0.902. The van der Waals surface area contributed by atoms with Crippen LogP contribution in [-0.2, 0) is 4.79 Å². The van der Waals surface area contributed by atoms with E-state index in [0.717, 1.165) is 0 Å². The zero-order valence-corrected chi connectivity index (χ0v) is 5.22. The molecule has 0 bridgehead atoms. The first-order valence-corrected chi connectivity index (χ1v) is 2.63. The summed E-state index contributed by atoms with van der Waals surface area (Å²) >= 11 is 0. The molecule has 0 aliphatic carbocycles. The molecule has 0 aliphatic rings. The fourth-order valence-corrected chi connectivity index (χ4v) is 0.287. The Hall–Kier alpha value is -0.790. The van der Waals surface area contributed by atoms with Gasteiger partial charge in [0.15, 0.2) is 0 Å². The summed E-state index contributed by atoms with van der Waals surface area (Å²) < 4.78 is 0. The molecule has 2 heteroatoms. The van der Waals surface area contributed by atoms with Crippen LogP contribution in [-0.4, -0.2) is 6.41 Å². The van der Waals surface area contributed by atoms with E-state index >= 15 is 0 Å². The zero-order chi connectivity index (χ0) is 6.41. The third-order valence-corrected chi connectivity index (χ3v) is 0.645. The summed E-state index contributed by atoms with van der Waals surface area (Å²) in [6.07, 6.45) is 4.20.